The number of ether oxygens (including phenoxy) is 2. The van der Waals surface area contributed by atoms with Crippen molar-refractivity contribution < 1.29 is 14.3 Å². The lowest BCUT2D eigenvalue weighted by atomic mass is 9.95. The summed E-state index contributed by atoms with van der Waals surface area (Å²) in [6.07, 6.45) is 1.94. The molecule has 0 saturated carbocycles. The van der Waals surface area contributed by atoms with Gasteiger partial charge in [-0.25, -0.2) is 9.79 Å². The molecule has 0 aromatic heterocycles. The van der Waals surface area contributed by atoms with Gasteiger partial charge in [0.1, 0.15) is 12.4 Å². The van der Waals surface area contributed by atoms with Gasteiger partial charge in [-0.1, -0.05) is 53.2 Å². The van der Waals surface area contributed by atoms with E-state index in [-0.39, 0.29) is 12.0 Å². The Morgan fingerprint density at radius 2 is 1.94 bits per heavy atom. The molecule has 4 rings (SSSR count). The van der Waals surface area contributed by atoms with Crippen LogP contribution in [0.3, 0.4) is 0 Å². The minimum absolute atomic E-state index is 0.304. The molecule has 0 amide bonds. The second kappa shape index (κ2) is 9.39. The Bertz CT molecular complexity index is 1100. The third-order valence-corrected chi connectivity index (χ3v) is 6.41. The Morgan fingerprint density at radius 1 is 1.16 bits per heavy atom. The van der Waals surface area contributed by atoms with E-state index in [0.29, 0.717) is 40.3 Å². The molecule has 0 aliphatic carbocycles. The summed E-state index contributed by atoms with van der Waals surface area (Å²) >= 11 is 13.6. The summed E-state index contributed by atoms with van der Waals surface area (Å²) in [5.41, 5.74) is 3.09. The molecule has 0 bridgehead atoms. The zero-order valence-corrected chi connectivity index (χ0v) is 19.3. The van der Waals surface area contributed by atoms with Crippen molar-refractivity contribution in [1.82, 2.24) is 4.90 Å². The van der Waals surface area contributed by atoms with E-state index in [9.17, 15) is 4.79 Å². The summed E-state index contributed by atoms with van der Waals surface area (Å²) in [6.45, 7) is 4.32. The number of esters is 1. The first-order valence-electron chi connectivity index (χ1n) is 9.73. The monoisotopic (exact) mass is 474 g/mol. The number of carbonyl (C=O) groups excluding carboxylic acids is 1. The van der Waals surface area contributed by atoms with Crippen molar-refractivity contribution >= 4 is 46.1 Å². The van der Waals surface area contributed by atoms with Crippen LogP contribution in [0.4, 0.5) is 0 Å². The molecule has 2 aromatic carbocycles. The van der Waals surface area contributed by atoms with Gasteiger partial charge >= 0.3 is 5.97 Å². The van der Waals surface area contributed by atoms with E-state index in [2.05, 4.69) is 4.99 Å². The fraction of sp³-hybridized carbons (Fsp3) is 0.217. The number of hydrogen-bond donors (Lipinski definition) is 0. The average molecular weight is 475 g/mol. The van der Waals surface area contributed by atoms with Crippen molar-refractivity contribution in [3.8, 4) is 5.75 Å². The third kappa shape index (κ3) is 4.61. The molecule has 2 aromatic rings. The number of nitrogens with zero attached hydrogens (tertiary/aromatic N) is 2. The predicted molar refractivity (Wildman–Crippen MR) is 125 cm³/mol. The van der Waals surface area contributed by atoms with Gasteiger partial charge in [0.25, 0.3) is 0 Å². The highest BCUT2D eigenvalue weighted by Gasteiger charge is 2.37. The van der Waals surface area contributed by atoms with Gasteiger partial charge in [-0.2, -0.15) is 0 Å². The topological polar surface area (TPSA) is 51.1 Å². The van der Waals surface area contributed by atoms with E-state index in [1.807, 2.05) is 53.8 Å². The molecule has 0 radical (unpaired) electrons. The summed E-state index contributed by atoms with van der Waals surface area (Å²) in [4.78, 5) is 19.3. The third-order valence-electron chi connectivity index (χ3n) is 4.90. The minimum Gasteiger partial charge on any atom is -0.489 e. The Hall–Kier alpha value is -2.41. The summed E-state index contributed by atoms with van der Waals surface area (Å²) in [5.74, 6) is 0.363. The second-order valence-corrected chi connectivity index (χ2v) is 8.62. The first-order chi connectivity index (χ1) is 15.0. The van der Waals surface area contributed by atoms with Gasteiger partial charge in [-0.15, -0.1) is 0 Å². The van der Waals surface area contributed by atoms with Crippen molar-refractivity contribution in [2.45, 2.75) is 26.5 Å². The van der Waals surface area contributed by atoms with E-state index in [4.69, 9.17) is 32.7 Å². The van der Waals surface area contributed by atoms with Crippen LogP contribution in [0.5, 0.6) is 5.75 Å². The van der Waals surface area contributed by atoms with Gasteiger partial charge in [0.2, 0.25) is 0 Å². The van der Waals surface area contributed by atoms with Gasteiger partial charge in [0.15, 0.2) is 5.17 Å². The predicted octanol–water partition coefficient (Wildman–Crippen LogP) is 6.34. The van der Waals surface area contributed by atoms with Crippen LogP contribution < -0.4 is 4.74 Å². The fourth-order valence-corrected chi connectivity index (χ4v) is 4.55. The molecule has 5 nitrogen and oxygen atoms in total. The number of thioether (sulfide) groups is 1. The minimum atomic E-state index is -0.349. The highest BCUT2D eigenvalue weighted by atomic mass is 35.5. The van der Waals surface area contributed by atoms with E-state index in [0.717, 1.165) is 16.3 Å². The Morgan fingerprint density at radius 3 is 2.65 bits per heavy atom. The van der Waals surface area contributed by atoms with Crippen molar-refractivity contribution in [2.75, 3.05) is 6.61 Å². The zero-order valence-electron chi connectivity index (χ0n) is 17.0. The Balaban J connectivity index is 1.56. The maximum atomic E-state index is 12.7. The maximum absolute atomic E-state index is 12.7. The number of fused-ring (bicyclic) bond motifs is 1. The van der Waals surface area contributed by atoms with Crippen LogP contribution in [0, 0.1) is 0 Å². The molecule has 2 heterocycles. The van der Waals surface area contributed by atoms with Crippen molar-refractivity contribution in [3.05, 3.63) is 86.5 Å². The number of carbonyl (C=O) groups is 1. The molecule has 2 aliphatic rings. The Kier molecular flexibility index (Phi) is 6.60. The molecule has 8 heteroatoms. The number of halogens is 2. The van der Waals surface area contributed by atoms with Crippen molar-refractivity contribution in [3.63, 3.8) is 0 Å². The van der Waals surface area contributed by atoms with Gasteiger partial charge in [0.05, 0.1) is 34.0 Å². The van der Waals surface area contributed by atoms with Gasteiger partial charge in [-0.05, 0) is 54.6 Å². The number of rotatable bonds is 6. The number of amidine groups is 1. The van der Waals surface area contributed by atoms with Crippen LogP contribution in [0.15, 0.2) is 70.3 Å². The molecule has 0 saturated heterocycles. The number of allylic oxidation sites excluding steroid dienone is 1. The lowest BCUT2D eigenvalue weighted by molar-refractivity contribution is -0.139. The smallest absolute Gasteiger partial charge is 0.338 e. The molecule has 1 atom stereocenters. The summed E-state index contributed by atoms with van der Waals surface area (Å²) in [7, 11) is 0. The lowest BCUT2D eigenvalue weighted by Crippen LogP contribution is -2.34. The second-order valence-electron chi connectivity index (χ2n) is 6.93. The zero-order chi connectivity index (χ0) is 22.0. The van der Waals surface area contributed by atoms with Crippen molar-refractivity contribution in [1.29, 1.82) is 0 Å². The average Bonchev–Trinajstić information content (AvgIpc) is 3.22. The first-order valence-corrected chi connectivity index (χ1v) is 11.4. The van der Waals surface area contributed by atoms with Crippen LogP contribution in [-0.4, -0.2) is 22.6 Å². The summed E-state index contributed by atoms with van der Waals surface area (Å²) in [5, 5.41) is 3.82. The standard InChI is InChI=1S/C23H20Cl2N2O3S/c1-3-29-22(28)20-14(2)26-23-27(10-11-31-23)21(20)16-5-7-17(8-6-16)30-13-15-4-9-18(24)19(25)12-15/h4-12,21H,3,13H2,1-2H3/t21-/m0/s1. The number of aliphatic imine (C=N–C) groups is 1. The summed E-state index contributed by atoms with van der Waals surface area (Å²) in [6, 6.07) is 12.8. The molecule has 2 aliphatic heterocycles. The Labute approximate surface area is 195 Å². The molecular weight excluding hydrogens is 455 g/mol. The van der Waals surface area contributed by atoms with E-state index in [1.54, 1.807) is 19.1 Å². The first kappa shape index (κ1) is 21.8. The van der Waals surface area contributed by atoms with Crippen LogP contribution in [0.1, 0.15) is 31.0 Å². The normalized spacial score (nSPS) is 17.5. The lowest BCUT2D eigenvalue weighted by Gasteiger charge is -2.33. The van der Waals surface area contributed by atoms with Gasteiger partial charge in [0, 0.05) is 6.20 Å². The molecule has 0 unspecified atom stereocenters. The van der Waals surface area contributed by atoms with Crippen LogP contribution in [0.2, 0.25) is 10.0 Å². The maximum Gasteiger partial charge on any atom is 0.338 e. The molecule has 160 valence electrons. The highest BCUT2D eigenvalue weighted by Crippen LogP contribution is 2.41. The molecular formula is C23H20Cl2N2O3S. The SMILES string of the molecule is CCOC(=O)C1=C(C)N=C2SC=CN2[C@H]1c1ccc(OCc2ccc(Cl)c(Cl)c2)cc1. The van der Waals surface area contributed by atoms with Crippen LogP contribution >= 0.6 is 35.0 Å². The van der Waals surface area contributed by atoms with E-state index in [1.165, 1.54) is 11.8 Å². The van der Waals surface area contributed by atoms with Crippen LogP contribution in [-0.2, 0) is 16.1 Å². The molecule has 31 heavy (non-hydrogen) atoms. The molecule has 0 N–H and O–H groups in total. The molecule has 0 fully saturated rings. The van der Waals surface area contributed by atoms with E-state index < -0.39 is 0 Å². The van der Waals surface area contributed by atoms with Gasteiger partial charge in [-0.3, -0.25) is 0 Å². The largest absolute Gasteiger partial charge is 0.489 e. The quantitative estimate of drug-likeness (QED) is 0.457. The van der Waals surface area contributed by atoms with E-state index >= 15 is 0 Å². The fourth-order valence-electron chi connectivity index (χ4n) is 3.44. The highest BCUT2D eigenvalue weighted by molar-refractivity contribution is 8.16. The summed E-state index contributed by atoms with van der Waals surface area (Å²) < 4.78 is 11.2. The molecule has 0 spiro atoms. The van der Waals surface area contributed by atoms with Crippen LogP contribution in [0.25, 0.3) is 0 Å². The number of hydrogen-bond acceptors (Lipinski definition) is 6. The van der Waals surface area contributed by atoms with Gasteiger partial charge < -0.3 is 14.4 Å². The van der Waals surface area contributed by atoms with Crippen molar-refractivity contribution in [2.24, 2.45) is 4.99 Å². The number of benzene rings is 2.